The maximum atomic E-state index is 13.0. The first kappa shape index (κ1) is 29.4. The fourth-order valence-electron chi connectivity index (χ4n) is 3.37. The maximum Gasteiger partial charge on any atom is 0.490 e. The van der Waals surface area contributed by atoms with Gasteiger partial charge in [0.1, 0.15) is 5.82 Å². The van der Waals surface area contributed by atoms with E-state index in [2.05, 4.69) is 21.4 Å². The molecule has 1 aromatic carbocycles. The quantitative estimate of drug-likeness (QED) is 0.267. The first-order chi connectivity index (χ1) is 18.4. The van der Waals surface area contributed by atoms with Crippen molar-refractivity contribution in [1.82, 2.24) is 24.5 Å². The number of halogens is 5. The fourth-order valence-corrected chi connectivity index (χ4v) is 4.36. The largest absolute Gasteiger partial charge is 0.490 e. The number of alkyl halides is 3. The molecule has 0 bridgehead atoms. The molecule has 0 aliphatic carbocycles. The third-order valence-corrected chi connectivity index (χ3v) is 6.50. The summed E-state index contributed by atoms with van der Waals surface area (Å²) in [6.07, 6.45) is -3.24. The van der Waals surface area contributed by atoms with Crippen LogP contribution < -0.4 is 11.4 Å². The second-order valence-electron chi connectivity index (χ2n) is 8.01. The number of aromatic nitrogens is 5. The van der Waals surface area contributed by atoms with Crippen LogP contribution in [0.3, 0.4) is 0 Å². The van der Waals surface area contributed by atoms with Crippen LogP contribution in [0.4, 0.5) is 22.0 Å². The number of H-pyrrole nitrogens is 1. The molecular weight excluding hydrogens is 547 g/mol. The van der Waals surface area contributed by atoms with Gasteiger partial charge in [-0.15, -0.1) is 11.3 Å². The van der Waals surface area contributed by atoms with Crippen LogP contribution in [0.5, 0.6) is 0 Å². The number of hydrogen-bond acceptors (Lipinski definition) is 6. The summed E-state index contributed by atoms with van der Waals surface area (Å²) in [6.45, 7) is 2.80. The highest BCUT2D eigenvalue weighted by molar-refractivity contribution is 7.15. The minimum absolute atomic E-state index is 0.177. The van der Waals surface area contributed by atoms with Crippen LogP contribution in [-0.4, -0.2) is 48.3 Å². The number of aliphatic carboxylic acids is 1. The molecule has 4 N–H and O–H groups in total. The van der Waals surface area contributed by atoms with E-state index in [1.807, 2.05) is 54.3 Å². The number of aromatic amines is 1. The number of carboxylic acid groups (broad SMARTS) is 1. The normalized spacial score (nSPS) is 11.2. The van der Waals surface area contributed by atoms with Gasteiger partial charge in [0.25, 0.3) is 6.08 Å². The van der Waals surface area contributed by atoms with Gasteiger partial charge >= 0.3 is 17.8 Å². The van der Waals surface area contributed by atoms with Gasteiger partial charge in [-0.3, -0.25) is 9.25 Å². The molecule has 0 saturated carbocycles. The average molecular weight is 571 g/mol. The number of benzene rings is 1. The summed E-state index contributed by atoms with van der Waals surface area (Å²) in [4.78, 5) is 23.0. The summed E-state index contributed by atoms with van der Waals surface area (Å²) in [5, 5.41) is 17.7. The Morgan fingerprint density at radius 1 is 1.15 bits per heavy atom. The molecular formula is C24H23F5N6O3S. The van der Waals surface area contributed by atoms with E-state index in [1.165, 1.54) is 15.9 Å². The Labute approximate surface area is 222 Å². The standard InChI is InChI=1S/C22H22F2N6OS.C2HF3O2/c1-2-29-12-17(11-26-29)14-4-3-5-15(8-14)19-7-6-18(32-19)13-30-20(27-28-22(30)31)9-16(10-25)21(23)24;3-2(4,5)1(6)7/h3-8,11-12H,2,9-10,13,25H2,1H3,(H,28,31);(H,6,7). The lowest BCUT2D eigenvalue weighted by Crippen LogP contribution is -2.21. The highest BCUT2D eigenvalue weighted by Crippen LogP contribution is 2.31. The smallest absolute Gasteiger partial charge is 0.475 e. The zero-order valence-corrected chi connectivity index (χ0v) is 21.2. The van der Waals surface area contributed by atoms with Crippen molar-refractivity contribution in [2.75, 3.05) is 6.54 Å². The lowest BCUT2D eigenvalue weighted by Gasteiger charge is -2.06. The van der Waals surface area contributed by atoms with Crippen LogP contribution in [0.15, 0.2) is 65.2 Å². The van der Waals surface area contributed by atoms with Crippen molar-refractivity contribution in [2.24, 2.45) is 5.73 Å². The van der Waals surface area contributed by atoms with Crippen LogP contribution in [0.25, 0.3) is 21.6 Å². The number of carboxylic acids is 1. The molecule has 0 amide bonds. The number of hydrogen-bond donors (Lipinski definition) is 3. The Morgan fingerprint density at radius 2 is 1.85 bits per heavy atom. The molecule has 0 atom stereocenters. The molecule has 3 aromatic heterocycles. The van der Waals surface area contributed by atoms with Gasteiger partial charge in [0.2, 0.25) is 0 Å². The monoisotopic (exact) mass is 570 g/mol. The van der Waals surface area contributed by atoms with Crippen LogP contribution in [-0.2, 0) is 24.3 Å². The highest BCUT2D eigenvalue weighted by Gasteiger charge is 2.38. The molecule has 0 radical (unpaired) electrons. The number of rotatable bonds is 8. The van der Waals surface area contributed by atoms with Gasteiger partial charge in [-0.1, -0.05) is 18.2 Å². The molecule has 0 aliphatic rings. The van der Waals surface area contributed by atoms with Crippen molar-refractivity contribution in [3.8, 4) is 21.6 Å². The third-order valence-electron chi connectivity index (χ3n) is 5.38. The molecule has 208 valence electrons. The molecule has 4 aromatic rings. The lowest BCUT2D eigenvalue weighted by atomic mass is 10.1. The van der Waals surface area contributed by atoms with Gasteiger partial charge in [-0.05, 0) is 36.2 Å². The van der Waals surface area contributed by atoms with E-state index in [9.17, 15) is 26.7 Å². The maximum absolute atomic E-state index is 13.0. The SMILES string of the molecule is CCn1cc(-c2cccc(-c3ccc(Cn4c(CC(CN)=C(F)F)n[nH]c4=O)s3)c2)cn1.O=C(O)C(F)(F)F. The van der Waals surface area contributed by atoms with Crippen molar-refractivity contribution in [3.63, 3.8) is 0 Å². The van der Waals surface area contributed by atoms with Gasteiger partial charge in [0.15, 0.2) is 0 Å². The first-order valence-corrected chi connectivity index (χ1v) is 12.1. The summed E-state index contributed by atoms with van der Waals surface area (Å²) >= 11 is 1.54. The van der Waals surface area contributed by atoms with Crippen molar-refractivity contribution in [2.45, 2.75) is 32.6 Å². The predicted molar refractivity (Wildman–Crippen MR) is 134 cm³/mol. The Morgan fingerprint density at radius 3 is 2.44 bits per heavy atom. The van der Waals surface area contributed by atoms with E-state index in [0.29, 0.717) is 0 Å². The number of carbonyl (C=O) groups is 1. The van der Waals surface area contributed by atoms with Crippen molar-refractivity contribution >= 4 is 17.3 Å². The summed E-state index contributed by atoms with van der Waals surface area (Å²) in [5.41, 5.74) is 7.88. The van der Waals surface area contributed by atoms with E-state index < -0.39 is 23.9 Å². The Bertz CT molecular complexity index is 1510. The molecule has 0 unspecified atom stereocenters. The second kappa shape index (κ2) is 12.6. The molecule has 9 nitrogen and oxygen atoms in total. The fraction of sp³-hybridized carbons (Fsp3) is 0.250. The number of aryl methyl sites for hydroxylation is 1. The molecule has 0 aliphatic heterocycles. The molecule has 0 saturated heterocycles. The second-order valence-corrected chi connectivity index (χ2v) is 9.18. The van der Waals surface area contributed by atoms with E-state index in [1.54, 1.807) is 0 Å². The summed E-state index contributed by atoms with van der Waals surface area (Å²) in [5.74, 6) is -2.53. The topological polar surface area (TPSA) is 132 Å². The van der Waals surface area contributed by atoms with Gasteiger partial charge in [-0.25, -0.2) is 14.7 Å². The first-order valence-electron chi connectivity index (χ1n) is 11.3. The van der Waals surface area contributed by atoms with Crippen LogP contribution in [0, 0.1) is 0 Å². The summed E-state index contributed by atoms with van der Waals surface area (Å²) in [7, 11) is 0. The Balaban J connectivity index is 0.000000532. The number of nitrogens with one attached hydrogen (secondary N) is 1. The van der Waals surface area contributed by atoms with Crippen molar-refractivity contribution < 1.29 is 31.9 Å². The van der Waals surface area contributed by atoms with Gasteiger partial charge in [0, 0.05) is 46.6 Å². The number of nitrogens with zero attached hydrogens (tertiary/aromatic N) is 4. The lowest BCUT2D eigenvalue weighted by molar-refractivity contribution is -0.192. The molecule has 0 spiro atoms. The van der Waals surface area contributed by atoms with Crippen LogP contribution in [0.2, 0.25) is 0 Å². The Hall–Kier alpha value is -4.11. The predicted octanol–water partition coefficient (Wildman–Crippen LogP) is 4.52. The number of thiophene rings is 1. The highest BCUT2D eigenvalue weighted by atomic mass is 32.1. The van der Waals surface area contributed by atoms with E-state index in [4.69, 9.17) is 15.6 Å². The van der Waals surface area contributed by atoms with Crippen LogP contribution in [0.1, 0.15) is 17.6 Å². The zero-order chi connectivity index (χ0) is 28.7. The van der Waals surface area contributed by atoms with Crippen molar-refractivity contribution in [3.05, 3.63) is 81.6 Å². The molecule has 3 heterocycles. The third kappa shape index (κ3) is 7.70. The van der Waals surface area contributed by atoms with Crippen molar-refractivity contribution in [1.29, 1.82) is 0 Å². The molecule has 39 heavy (non-hydrogen) atoms. The number of nitrogens with two attached hydrogens (primary N) is 1. The summed E-state index contributed by atoms with van der Waals surface area (Å²) < 4.78 is 61.0. The minimum atomic E-state index is -5.08. The van der Waals surface area contributed by atoms with Gasteiger partial charge < -0.3 is 10.8 Å². The van der Waals surface area contributed by atoms with Gasteiger partial charge in [0.05, 0.1) is 12.7 Å². The van der Waals surface area contributed by atoms with Crippen LogP contribution >= 0.6 is 11.3 Å². The molecule has 4 rings (SSSR count). The van der Waals surface area contributed by atoms with E-state index >= 15 is 0 Å². The molecule has 0 fully saturated rings. The Kier molecular flexibility index (Phi) is 9.53. The average Bonchev–Trinajstić information content (AvgIpc) is 3.64. The van der Waals surface area contributed by atoms with E-state index in [0.717, 1.165) is 33.0 Å². The molecule has 15 heteroatoms. The minimum Gasteiger partial charge on any atom is -0.475 e. The van der Waals surface area contributed by atoms with E-state index in [-0.39, 0.29) is 30.9 Å². The summed E-state index contributed by atoms with van der Waals surface area (Å²) in [6, 6.07) is 12.1. The zero-order valence-electron chi connectivity index (χ0n) is 20.4. The van der Waals surface area contributed by atoms with Gasteiger partial charge in [-0.2, -0.15) is 32.1 Å².